The number of halogens is 1. The lowest BCUT2D eigenvalue weighted by molar-refractivity contribution is -0.126. The third kappa shape index (κ3) is 4.06. The van der Waals surface area contributed by atoms with Gasteiger partial charge in [0, 0.05) is 12.6 Å². The van der Waals surface area contributed by atoms with E-state index < -0.39 is 6.10 Å². The van der Waals surface area contributed by atoms with Crippen LogP contribution >= 0.6 is 0 Å². The third-order valence-corrected chi connectivity index (χ3v) is 3.70. The zero-order valence-corrected chi connectivity index (χ0v) is 12.9. The van der Waals surface area contributed by atoms with Gasteiger partial charge in [-0.25, -0.2) is 9.37 Å². The minimum absolute atomic E-state index is 0.0506. The maximum absolute atomic E-state index is 12.8. The molecule has 0 unspecified atom stereocenters. The standard InChI is InChI=1S/C17H18FN3O3/c18-11-1-4-13(5-2-11)24-16-8-3-12(10-20-16)21-17(22)15-7-6-14(9-19)23-15/h1-5,8,10,14-15H,6-7,9,19H2,(H,21,22)/t14-,15+/m1/s1. The number of pyridine rings is 1. The van der Waals surface area contributed by atoms with E-state index in [-0.39, 0.29) is 17.8 Å². The number of hydrogen-bond donors (Lipinski definition) is 2. The summed E-state index contributed by atoms with van der Waals surface area (Å²) in [7, 11) is 0. The zero-order valence-electron chi connectivity index (χ0n) is 12.9. The number of nitrogens with two attached hydrogens (primary N) is 1. The molecule has 1 amide bonds. The minimum atomic E-state index is -0.478. The van der Waals surface area contributed by atoms with Crippen molar-refractivity contribution in [2.24, 2.45) is 5.73 Å². The highest BCUT2D eigenvalue weighted by Gasteiger charge is 2.29. The molecule has 1 fully saturated rings. The van der Waals surface area contributed by atoms with E-state index in [0.717, 1.165) is 6.42 Å². The van der Waals surface area contributed by atoms with Gasteiger partial charge in [0.25, 0.3) is 5.91 Å². The van der Waals surface area contributed by atoms with E-state index in [1.165, 1.54) is 30.5 Å². The number of aromatic nitrogens is 1. The van der Waals surface area contributed by atoms with Crippen LogP contribution in [0.5, 0.6) is 11.6 Å². The highest BCUT2D eigenvalue weighted by Crippen LogP contribution is 2.22. The maximum atomic E-state index is 12.8. The summed E-state index contributed by atoms with van der Waals surface area (Å²) in [5.74, 6) is 0.284. The van der Waals surface area contributed by atoms with Crippen LogP contribution in [0.4, 0.5) is 10.1 Å². The number of hydrogen-bond acceptors (Lipinski definition) is 5. The number of rotatable bonds is 5. The summed E-state index contributed by atoms with van der Waals surface area (Å²) in [6, 6.07) is 8.94. The molecule has 24 heavy (non-hydrogen) atoms. The Hall–Kier alpha value is -2.51. The first-order valence-corrected chi connectivity index (χ1v) is 7.70. The van der Waals surface area contributed by atoms with Crippen LogP contribution in [0.15, 0.2) is 42.6 Å². The fourth-order valence-electron chi connectivity index (χ4n) is 2.43. The van der Waals surface area contributed by atoms with Crippen LogP contribution in [0.3, 0.4) is 0 Å². The second-order valence-corrected chi connectivity index (χ2v) is 5.49. The van der Waals surface area contributed by atoms with Crippen LogP contribution in [0.25, 0.3) is 0 Å². The summed E-state index contributed by atoms with van der Waals surface area (Å²) < 4.78 is 23.9. The van der Waals surface area contributed by atoms with Crippen LogP contribution in [0.2, 0.25) is 0 Å². The molecule has 7 heteroatoms. The molecule has 1 aromatic carbocycles. The third-order valence-electron chi connectivity index (χ3n) is 3.70. The van der Waals surface area contributed by atoms with Gasteiger partial charge in [0.1, 0.15) is 17.7 Å². The number of amides is 1. The lowest BCUT2D eigenvalue weighted by Crippen LogP contribution is -2.29. The van der Waals surface area contributed by atoms with Crippen molar-refractivity contribution in [1.29, 1.82) is 0 Å². The number of ether oxygens (including phenoxy) is 2. The number of anilines is 1. The second kappa shape index (κ2) is 7.37. The molecule has 126 valence electrons. The first-order chi connectivity index (χ1) is 11.6. The number of carbonyl (C=O) groups is 1. The Morgan fingerprint density at radius 1 is 1.29 bits per heavy atom. The van der Waals surface area contributed by atoms with Gasteiger partial charge in [-0.3, -0.25) is 4.79 Å². The molecule has 3 N–H and O–H groups in total. The van der Waals surface area contributed by atoms with Gasteiger partial charge in [-0.1, -0.05) is 0 Å². The molecule has 0 bridgehead atoms. The van der Waals surface area contributed by atoms with Crippen molar-refractivity contribution in [1.82, 2.24) is 4.98 Å². The molecule has 0 aliphatic carbocycles. The lowest BCUT2D eigenvalue weighted by Gasteiger charge is -2.12. The van der Waals surface area contributed by atoms with Crippen molar-refractivity contribution < 1.29 is 18.7 Å². The predicted molar refractivity (Wildman–Crippen MR) is 86.3 cm³/mol. The van der Waals surface area contributed by atoms with E-state index in [9.17, 15) is 9.18 Å². The van der Waals surface area contributed by atoms with Crippen LogP contribution < -0.4 is 15.8 Å². The van der Waals surface area contributed by atoms with Gasteiger partial charge in [0.05, 0.1) is 18.0 Å². The van der Waals surface area contributed by atoms with E-state index in [0.29, 0.717) is 30.3 Å². The van der Waals surface area contributed by atoms with Gasteiger partial charge in [-0.05, 0) is 43.2 Å². The second-order valence-electron chi connectivity index (χ2n) is 5.49. The van der Waals surface area contributed by atoms with Crippen LogP contribution in [0.1, 0.15) is 12.8 Å². The van der Waals surface area contributed by atoms with Gasteiger partial charge in [0.2, 0.25) is 5.88 Å². The Kier molecular flexibility index (Phi) is 5.02. The van der Waals surface area contributed by atoms with Gasteiger partial charge >= 0.3 is 0 Å². The maximum Gasteiger partial charge on any atom is 0.253 e. The summed E-state index contributed by atoms with van der Waals surface area (Å²) in [6.45, 7) is 0.417. The lowest BCUT2D eigenvalue weighted by atomic mass is 10.2. The van der Waals surface area contributed by atoms with E-state index in [2.05, 4.69) is 10.3 Å². The van der Waals surface area contributed by atoms with E-state index >= 15 is 0 Å². The van der Waals surface area contributed by atoms with Crippen molar-refractivity contribution in [3.05, 3.63) is 48.4 Å². The average molecular weight is 331 g/mol. The molecule has 1 aliphatic heterocycles. The molecule has 1 aliphatic rings. The van der Waals surface area contributed by atoms with Crippen LogP contribution in [-0.2, 0) is 9.53 Å². The van der Waals surface area contributed by atoms with E-state index in [4.69, 9.17) is 15.2 Å². The summed E-state index contributed by atoms with van der Waals surface area (Å²) in [6.07, 6.45) is 2.41. The fraction of sp³-hybridized carbons (Fsp3) is 0.294. The first-order valence-electron chi connectivity index (χ1n) is 7.70. The molecule has 0 saturated carbocycles. The molecule has 6 nitrogen and oxygen atoms in total. The Bertz CT molecular complexity index is 691. The molecule has 2 aromatic rings. The van der Waals surface area contributed by atoms with Crippen LogP contribution in [0, 0.1) is 5.82 Å². The Labute approximate surface area is 138 Å². The smallest absolute Gasteiger partial charge is 0.253 e. The molecular formula is C17H18FN3O3. The van der Waals surface area contributed by atoms with Crippen molar-refractivity contribution in [2.75, 3.05) is 11.9 Å². The van der Waals surface area contributed by atoms with Crippen LogP contribution in [-0.4, -0.2) is 29.6 Å². The van der Waals surface area contributed by atoms with Gasteiger partial charge in [-0.15, -0.1) is 0 Å². The Morgan fingerprint density at radius 2 is 2.08 bits per heavy atom. The summed E-state index contributed by atoms with van der Waals surface area (Å²) in [5, 5.41) is 2.75. The topological polar surface area (TPSA) is 86.5 Å². The number of nitrogens with one attached hydrogen (secondary N) is 1. The number of nitrogens with zero attached hydrogens (tertiary/aromatic N) is 1. The van der Waals surface area contributed by atoms with Crippen molar-refractivity contribution in [3.63, 3.8) is 0 Å². The zero-order chi connectivity index (χ0) is 16.9. The molecule has 3 rings (SSSR count). The minimum Gasteiger partial charge on any atom is -0.439 e. The number of benzene rings is 1. The Morgan fingerprint density at radius 3 is 2.71 bits per heavy atom. The fourth-order valence-corrected chi connectivity index (χ4v) is 2.43. The first kappa shape index (κ1) is 16.4. The Balaban J connectivity index is 1.56. The highest BCUT2D eigenvalue weighted by atomic mass is 19.1. The highest BCUT2D eigenvalue weighted by molar-refractivity contribution is 5.94. The quantitative estimate of drug-likeness (QED) is 0.879. The molecule has 2 atom stereocenters. The molecular weight excluding hydrogens is 313 g/mol. The number of carbonyl (C=O) groups excluding carboxylic acids is 1. The van der Waals surface area contributed by atoms with Crippen molar-refractivity contribution >= 4 is 11.6 Å². The average Bonchev–Trinajstić information content (AvgIpc) is 3.08. The van der Waals surface area contributed by atoms with Crippen molar-refractivity contribution in [2.45, 2.75) is 25.0 Å². The largest absolute Gasteiger partial charge is 0.439 e. The summed E-state index contributed by atoms with van der Waals surface area (Å²) in [4.78, 5) is 16.2. The van der Waals surface area contributed by atoms with Gasteiger partial charge in [0.15, 0.2) is 0 Å². The molecule has 0 radical (unpaired) electrons. The van der Waals surface area contributed by atoms with Gasteiger partial charge in [-0.2, -0.15) is 0 Å². The molecule has 1 saturated heterocycles. The predicted octanol–water partition coefficient (Wildman–Crippen LogP) is 2.46. The SMILES string of the molecule is NC[C@H]1CC[C@@H](C(=O)Nc2ccc(Oc3ccc(F)cc3)nc2)O1. The van der Waals surface area contributed by atoms with Crippen molar-refractivity contribution in [3.8, 4) is 11.6 Å². The molecule has 1 aromatic heterocycles. The normalized spacial score (nSPS) is 19.9. The summed E-state index contributed by atoms with van der Waals surface area (Å²) in [5.41, 5.74) is 6.08. The monoisotopic (exact) mass is 331 g/mol. The molecule has 2 heterocycles. The summed E-state index contributed by atoms with van der Waals surface area (Å²) >= 11 is 0. The molecule has 0 spiro atoms. The van der Waals surface area contributed by atoms with E-state index in [1.54, 1.807) is 12.1 Å². The van der Waals surface area contributed by atoms with Gasteiger partial charge < -0.3 is 20.5 Å². The van der Waals surface area contributed by atoms with E-state index in [1.807, 2.05) is 0 Å².